The summed E-state index contributed by atoms with van der Waals surface area (Å²) in [5.41, 5.74) is 3.77. The molecule has 0 aliphatic carbocycles. The molecule has 0 amide bonds. The average molecular weight is 290 g/mol. The Balaban J connectivity index is 2.33. The van der Waals surface area contributed by atoms with E-state index in [-0.39, 0.29) is 5.97 Å². The van der Waals surface area contributed by atoms with Gasteiger partial charge in [0.2, 0.25) is 0 Å². The Hall–Kier alpha value is -1.31. The number of rotatable bonds is 9. The lowest BCUT2D eigenvalue weighted by atomic mass is 10.0. The lowest BCUT2D eigenvalue weighted by molar-refractivity contribution is -0.145. The van der Waals surface area contributed by atoms with Gasteiger partial charge in [-0.15, -0.1) is 0 Å². The molecule has 0 saturated heterocycles. The minimum atomic E-state index is -0.0649. The van der Waals surface area contributed by atoms with Gasteiger partial charge in [-0.05, 0) is 43.7 Å². The molecule has 0 heterocycles. The number of hydrogen-bond donors (Lipinski definition) is 0. The Bertz CT molecular complexity index is 437. The fourth-order valence-electron chi connectivity index (χ4n) is 2.54. The van der Waals surface area contributed by atoms with E-state index in [0.29, 0.717) is 18.9 Å². The molecule has 1 atom stereocenters. The van der Waals surface area contributed by atoms with Crippen LogP contribution in [0.5, 0.6) is 0 Å². The van der Waals surface area contributed by atoms with Crippen molar-refractivity contribution in [3.8, 4) is 0 Å². The second-order valence-electron chi connectivity index (χ2n) is 6.03. The van der Waals surface area contributed by atoms with Gasteiger partial charge in [0.25, 0.3) is 0 Å². The topological polar surface area (TPSA) is 26.3 Å². The van der Waals surface area contributed by atoms with E-state index in [4.69, 9.17) is 4.74 Å². The van der Waals surface area contributed by atoms with Gasteiger partial charge in [-0.2, -0.15) is 0 Å². The molecule has 21 heavy (non-hydrogen) atoms. The molecule has 0 spiro atoms. The molecule has 0 aliphatic rings. The maximum Gasteiger partial charge on any atom is 0.306 e. The van der Waals surface area contributed by atoms with Gasteiger partial charge in [0.1, 0.15) is 0 Å². The van der Waals surface area contributed by atoms with Gasteiger partial charge in [-0.25, -0.2) is 0 Å². The van der Waals surface area contributed by atoms with Crippen LogP contribution in [-0.4, -0.2) is 12.6 Å². The monoisotopic (exact) mass is 290 g/mol. The number of carbonyl (C=O) groups excluding carboxylic acids is 1. The third kappa shape index (κ3) is 6.79. The molecule has 0 radical (unpaired) electrons. The molecule has 2 heteroatoms. The van der Waals surface area contributed by atoms with Gasteiger partial charge < -0.3 is 4.74 Å². The molecule has 2 nitrogen and oxygen atoms in total. The summed E-state index contributed by atoms with van der Waals surface area (Å²) in [5.74, 6) is 0.458. The maximum atomic E-state index is 11.9. The molecule has 1 aromatic carbocycles. The number of unbranched alkanes of at least 4 members (excludes halogenated alkanes) is 1. The summed E-state index contributed by atoms with van der Waals surface area (Å²) >= 11 is 0. The predicted molar refractivity (Wildman–Crippen MR) is 88.5 cm³/mol. The summed E-state index contributed by atoms with van der Waals surface area (Å²) in [6.45, 7) is 9.15. The number of benzene rings is 1. The normalized spacial score (nSPS) is 12.2. The number of esters is 1. The molecule has 0 bridgehead atoms. The molecular formula is C19H30O2. The van der Waals surface area contributed by atoms with E-state index in [9.17, 15) is 4.79 Å². The summed E-state index contributed by atoms with van der Waals surface area (Å²) < 4.78 is 5.44. The number of hydrogen-bond acceptors (Lipinski definition) is 2. The second kappa shape index (κ2) is 9.59. The summed E-state index contributed by atoms with van der Waals surface area (Å²) in [7, 11) is 0. The fourth-order valence-corrected chi connectivity index (χ4v) is 2.54. The number of carbonyl (C=O) groups is 1. The number of aryl methyl sites for hydroxylation is 3. The maximum absolute atomic E-state index is 11.9. The van der Waals surface area contributed by atoms with Crippen LogP contribution < -0.4 is 0 Å². The highest BCUT2D eigenvalue weighted by Crippen LogP contribution is 2.15. The lowest BCUT2D eigenvalue weighted by Crippen LogP contribution is -2.14. The molecular weight excluding hydrogens is 260 g/mol. The minimum Gasteiger partial charge on any atom is -0.465 e. The van der Waals surface area contributed by atoms with E-state index >= 15 is 0 Å². The molecule has 1 unspecified atom stereocenters. The largest absolute Gasteiger partial charge is 0.465 e. The Kier molecular flexibility index (Phi) is 8.11. The molecule has 0 saturated carbocycles. The molecule has 1 rings (SSSR count). The Labute approximate surface area is 129 Å². The van der Waals surface area contributed by atoms with Crippen LogP contribution in [0.25, 0.3) is 0 Å². The van der Waals surface area contributed by atoms with Crippen molar-refractivity contribution in [3.05, 3.63) is 34.9 Å². The van der Waals surface area contributed by atoms with E-state index in [1.54, 1.807) is 0 Å². The van der Waals surface area contributed by atoms with Crippen molar-refractivity contribution >= 4 is 5.97 Å². The predicted octanol–water partition coefficient (Wildman–Crippen LogP) is 5.00. The smallest absolute Gasteiger partial charge is 0.306 e. The summed E-state index contributed by atoms with van der Waals surface area (Å²) in [6, 6.07) is 6.39. The van der Waals surface area contributed by atoms with Gasteiger partial charge in [0.15, 0.2) is 0 Å². The Morgan fingerprint density at radius 2 is 2.00 bits per heavy atom. The quantitative estimate of drug-likeness (QED) is 0.598. The van der Waals surface area contributed by atoms with Gasteiger partial charge >= 0.3 is 5.97 Å². The van der Waals surface area contributed by atoms with Crippen molar-refractivity contribution in [1.29, 1.82) is 0 Å². The van der Waals surface area contributed by atoms with Crippen LogP contribution in [0.3, 0.4) is 0 Å². The van der Waals surface area contributed by atoms with Crippen LogP contribution >= 0.6 is 0 Å². The first kappa shape index (κ1) is 17.7. The zero-order valence-corrected chi connectivity index (χ0v) is 14.1. The van der Waals surface area contributed by atoms with Crippen molar-refractivity contribution in [1.82, 2.24) is 0 Å². The zero-order valence-electron chi connectivity index (χ0n) is 14.1. The van der Waals surface area contributed by atoms with E-state index in [2.05, 4.69) is 45.9 Å². The molecule has 0 aliphatic heterocycles. The highest BCUT2D eigenvalue weighted by Gasteiger charge is 2.10. The lowest BCUT2D eigenvalue weighted by Gasteiger charge is -2.14. The minimum absolute atomic E-state index is 0.0649. The summed E-state index contributed by atoms with van der Waals surface area (Å²) in [4.78, 5) is 11.9. The van der Waals surface area contributed by atoms with Crippen LogP contribution in [0.15, 0.2) is 18.2 Å². The van der Waals surface area contributed by atoms with Crippen LogP contribution in [0.2, 0.25) is 0 Å². The van der Waals surface area contributed by atoms with Crippen LogP contribution in [0.1, 0.15) is 62.6 Å². The molecule has 0 N–H and O–H groups in total. The van der Waals surface area contributed by atoms with Crippen molar-refractivity contribution in [3.63, 3.8) is 0 Å². The van der Waals surface area contributed by atoms with E-state index in [1.165, 1.54) is 29.5 Å². The van der Waals surface area contributed by atoms with Gasteiger partial charge in [-0.3, -0.25) is 4.79 Å². The molecule has 0 fully saturated rings. The third-order valence-electron chi connectivity index (χ3n) is 4.12. The van der Waals surface area contributed by atoms with Crippen molar-refractivity contribution in [2.75, 3.05) is 6.61 Å². The summed E-state index contributed by atoms with van der Waals surface area (Å²) in [5, 5.41) is 0. The van der Waals surface area contributed by atoms with Gasteiger partial charge in [0.05, 0.1) is 6.61 Å². The Morgan fingerprint density at radius 1 is 1.24 bits per heavy atom. The Morgan fingerprint density at radius 3 is 2.62 bits per heavy atom. The first-order valence-corrected chi connectivity index (χ1v) is 8.28. The standard InChI is InChI=1S/C19H30O2/c1-5-7-8-17(6-2)14-21-19(20)12-11-18-10-9-15(3)13-16(18)4/h9-10,13,17H,5-8,11-12,14H2,1-4H3. The van der Waals surface area contributed by atoms with Gasteiger partial charge in [0, 0.05) is 6.42 Å². The second-order valence-corrected chi connectivity index (χ2v) is 6.03. The van der Waals surface area contributed by atoms with Crippen LogP contribution in [0, 0.1) is 19.8 Å². The first-order valence-electron chi connectivity index (χ1n) is 8.28. The number of ether oxygens (including phenoxy) is 1. The SMILES string of the molecule is CCCCC(CC)COC(=O)CCc1ccc(C)cc1C. The fraction of sp³-hybridized carbons (Fsp3) is 0.632. The van der Waals surface area contributed by atoms with Crippen molar-refractivity contribution in [2.45, 2.75) is 66.2 Å². The first-order chi connectivity index (χ1) is 10.1. The van der Waals surface area contributed by atoms with E-state index < -0.39 is 0 Å². The van der Waals surface area contributed by atoms with E-state index in [1.807, 2.05) is 0 Å². The highest BCUT2D eigenvalue weighted by molar-refractivity contribution is 5.69. The van der Waals surface area contributed by atoms with E-state index in [0.717, 1.165) is 19.3 Å². The molecule has 0 aromatic heterocycles. The summed E-state index contributed by atoms with van der Waals surface area (Å²) in [6.07, 6.45) is 5.93. The molecule has 118 valence electrons. The third-order valence-corrected chi connectivity index (χ3v) is 4.12. The van der Waals surface area contributed by atoms with Crippen molar-refractivity contribution in [2.24, 2.45) is 5.92 Å². The zero-order chi connectivity index (χ0) is 15.7. The highest BCUT2D eigenvalue weighted by atomic mass is 16.5. The average Bonchev–Trinajstić information content (AvgIpc) is 2.46. The van der Waals surface area contributed by atoms with Crippen molar-refractivity contribution < 1.29 is 9.53 Å². The van der Waals surface area contributed by atoms with Crippen LogP contribution in [0.4, 0.5) is 0 Å². The van der Waals surface area contributed by atoms with Gasteiger partial charge in [-0.1, -0.05) is 56.9 Å². The molecule has 1 aromatic rings. The van der Waals surface area contributed by atoms with Crippen LogP contribution in [-0.2, 0) is 16.0 Å².